The van der Waals surface area contributed by atoms with Crippen molar-refractivity contribution in [2.75, 3.05) is 6.61 Å². The maximum Gasteiger partial charge on any atom is 0.308 e. The van der Waals surface area contributed by atoms with Crippen molar-refractivity contribution in [2.24, 2.45) is 5.92 Å². The number of aromatic nitrogens is 2. The van der Waals surface area contributed by atoms with Gasteiger partial charge in [-0.3, -0.25) is 4.79 Å². The van der Waals surface area contributed by atoms with Crippen LogP contribution in [-0.4, -0.2) is 28.6 Å². The Morgan fingerprint density at radius 2 is 2.11 bits per heavy atom. The molecule has 0 atom stereocenters. The SMILES string of the molecule is CCOC(=O)C1CCC(Oc2cc(Cl)ncn2)CC1. The maximum absolute atomic E-state index is 11.6. The van der Waals surface area contributed by atoms with E-state index in [-0.39, 0.29) is 18.0 Å². The number of ether oxygens (including phenoxy) is 2. The zero-order valence-electron chi connectivity index (χ0n) is 10.8. The third kappa shape index (κ3) is 4.06. The summed E-state index contributed by atoms with van der Waals surface area (Å²) in [6.45, 7) is 2.26. The minimum Gasteiger partial charge on any atom is -0.474 e. The van der Waals surface area contributed by atoms with E-state index in [1.165, 1.54) is 6.33 Å². The molecule has 0 radical (unpaired) electrons. The van der Waals surface area contributed by atoms with Crippen molar-refractivity contribution < 1.29 is 14.3 Å². The molecule has 0 saturated heterocycles. The van der Waals surface area contributed by atoms with E-state index in [4.69, 9.17) is 21.1 Å². The second-order valence-corrected chi connectivity index (χ2v) is 4.91. The quantitative estimate of drug-likeness (QED) is 0.628. The molecule has 0 amide bonds. The summed E-state index contributed by atoms with van der Waals surface area (Å²) in [6.07, 6.45) is 4.69. The molecule has 1 heterocycles. The van der Waals surface area contributed by atoms with Crippen LogP contribution in [0.3, 0.4) is 0 Å². The number of hydrogen-bond donors (Lipinski definition) is 0. The molecule has 1 aromatic heterocycles. The smallest absolute Gasteiger partial charge is 0.308 e. The van der Waals surface area contributed by atoms with Gasteiger partial charge in [-0.25, -0.2) is 9.97 Å². The van der Waals surface area contributed by atoms with Gasteiger partial charge in [0.05, 0.1) is 12.5 Å². The Balaban J connectivity index is 1.82. The fourth-order valence-electron chi connectivity index (χ4n) is 2.23. The first-order valence-electron chi connectivity index (χ1n) is 6.50. The average molecular weight is 285 g/mol. The van der Waals surface area contributed by atoms with E-state index in [1.54, 1.807) is 6.07 Å². The van der Waals surface area contributed by atoms with Gasteiger partial charge < -0.3 is 9.47 Å². The van der Waals surface area contributed by atoms with Gasteiger partial charge in [0.1, 0.15) is 17.6 Å². The Morgan fingerprint density at radius 3 is 2.74 bits per heavy atom. The van der Waals surface area contributed by atoms with E-state index in [2.05, 4.69) is 9.97 Å². The van der Waals surface area contributed by atoms with Crippen molar-refractivity contribution >= 4 is 17.6 Å². The lowest BCUT2D eigenvalue weighted by molar-refractivity contribution is -0.149. The predicted octanol–water partition coefficient (Wildman–Crippen LogP) is 2.63. The Bertz CT molecular complexity index is 434. The number of rotatable bonds is 4. The van der Waals surface area contributed by atoms with Crippen LogP contribution >= 0.6 is 11.6 Å². The third-order valence-corrected chi connectivity index (χ3v) is 3.40. The van der Waals surface area contributed by atoms with Gasteiger partial charge >= 0.3 is 5.97 Å². The molecule has 0 aromatic carbocycles. The molecule has 0 unspecified atom stereocenters. The maximum atomic E-state index is 11.6. The first kappa shape index (κ1) is 14.1. The van der Waals surface area contributed by atoms with E-state index in [1.807, 2.05) is 6.92 Å². The number of esters is 1. The summed E-state index contributed by atoms with van der Waals surface area (Å²) in [5.74, 6) is 0.402. The van der Waals surface area contributed by atoms with Crippen LogP contribution < -0.4 is 4.74 Å². The number of nitrogens with zero attached hydrogens (tertiary/aromatic N) is 2. The molecule has 0 aliphatic heterocycles. The number of carbonyl (C=O) groups excluding carboxylic acids is 1. The Hall–Kier alpha value is -1.36. The van der Waals surface area contributed by atoms with Crippen LogP contribution in [0.4, 0.5) is 0 Å². The van der Waals surface area contributed by atoms with Gasteiger partial charge in [0.2, 0.25) is 5.88 Å². The largest absolute Gasteiger partial charge is 0.474 e. The standard InChI is InChI=1S/C13H17ClN2O3/c1-2-18-13(17)9-3-5-10(6-4-9)19-12-7-11(14)15-8-16-12/h7-10H,2-6H2,1H3. The molecule has 19 heavy (non-hydrogen) atoms. The second kappa shape index (κ2) is 6.70. The zero-order valence-corrected chi connectivity index (χ0v) is 11.6. The molecule has 1 fully saturated rings. The molecule has 104 valence electrons. The van der Waals surface area contributed by atoms with E-state index in [9.17, 15) is 4.79 Å². The molecule has 0 N–H and O–H groups in total. The summed E-state index contributed by atoms with van der Waals surface area (Å²) in [5.41, 5.74) is 0. The lowest BCUT2D eigenvalue weighted by atomic mass is 9.87. The second-order valence-electron chi connectivity index (χ2n) is 4.52. The summed E-state index contributed by atoms with van der Waals surface area (Å²) in [7, 11) is 0. The topological polar surface area (TPSA) is 61.3 Å². The van der Waals surface area contributed by atoms with Crippen LogP contribution in [0.15, 0.2) is 12.4 Å². The van der Waals surface area contributed by atoms with Crippen LogP contribution in [0.2, 0.25) is 5.15 Å². The molecule has 1 aliphatic carbocycles. The molecule has 0 spiro atoms. The van der Waals surface area contributed by atoms with Crippen LogP contribution in [0.25, 0.3) is 0 Å². The van der Waals surface area contributed by atoms with Crippen LogP contribution in [0.1, 0.15) is 32.6 Å². The van der Waals surface area contributed by atoms with Gasteiger partial charge in [0.25, 0.3) is 0 Å². The van der Waals surface area contributed by atoms with E-state index >= 15 is 0 Å². The van der Waals surface area contributed by atoms with Crippen LogP contribution in [-0.2, 0) is 9.53 Å². The van der Waals surface area contributed by atoms with Gasteiger partial charge in [0.15, 0.2) is 0 Å². The molecule has 5 nitrogen and oxygen atoms in total. The first-order chi connectivity index (χ1) is 9.19. The highest BCUT2D eigenvalue weighted by atomic mass is 35.5. The summed E-state index contributed by atoms with van der Waals surface area (Å²) < 4.78 is 10.8. The number of halogens is 1. The van der Waals surface area contributed by atoms with Crippen molar-refractivity contribution in [1.82, 2.24) is 9.97 Å². The molecule has 1 aromatic rings. The zero-order chi connectivity index (χ0) is 13.7. The Morgan fingerprint density at radius 1 is 1.37 bits per heavy atom. The van der Waals surface area contributed by atoms with Crippen LogP contribution in [0.5, 0.6) is 5.88 Å². The first-order valence-corrected chi connectivity index (χ1v) is 6.87. The van der Waals surface area contributed by atoms with Crippen molar-refractivity contribution in [1.29, 1.82) is 0 Å². The highest BCUT2D eigenvalue weighted by Gasteiger charge is 2.28. The van der Waals surface area contributed by atoms with Gasteiger partial charge in [0, 0.05) is 6.07 Å². The van der Waals surface area contributed by atoms with Crippen molar-refractivity contribution in [2.45, 2.75) is 38.7 Å². The van der Waals surface area contributed by atoms with E-state index in [0.29, 0.717) is 17.6 Å². The summed E-state index contributed by atoms with van der Waals surface area (Å²) in [5, 5.41) is 0.366. The highest BCUT2D eigenvalue weighted by Crippen LogP contribution is 2.28. The van der Waals surface area contributed by atoms with Gasteiger partial charge in [-0.2, -0.15) is 0 Å². The lowest BCUT2D eigenvalue weighted by Crippen LogP contribution is -2.29. The minimum atomic E-state index is -0.0916. The fourth-order valence-corrected chi connectivity index (χ4v) is 2.37. The molecular formula is C13H17ClN2O3. The van der Waals surface area contributed by atoms with Crippen LogP contribution in [0, 0.1) is 5.92 Å². The molecule has 1 saturated carbocycles. The average Bonchev–Trinajstić information content (AvgIpc) is 2.40. The molecule has 0 bridgehead atoms. The van der Waals surface area contributed by atoms with E-state index < -0.39 is 0 Å². The highest BCUT2D eigenvalue weighted by molar-refractivity contribution is 6.29. The summed E-state index contributed by atoms with van der Waals surface area (Å²) in [4.78, 5) is 19.4. The Kier molecular flexibility index (Phi) is 4.96. The van der Waals surface area contributed by atoms with E-state index in [0.717, 1.165) is 25.7 Å². The molecule has 2 rings (SSSR count). The predicted molar refractivity (Wildman–Crippen MR) is 70.0 cm³/mol. The Labute approximate surface area is 117 Å². The molecule has 1 aliphatic rings. The number of carbonyl (C=O) groups is 1. The van der Waals surface area contributed by atoms with Crippen molar-refractivity contribution in [3.63, 3.8) is 0 Å². The summed E-state index contributed by atoms with van der Waals surface area (Å²) in [6, 6.07) is 1.60. The summed E-state index contributed by atoms with van der Waals surface area (Å²) >= 11 is 5.77. The van der Waals surface area contributed by atoms with Gasteiger partial charge in [-0.15, -0.1) is 0 Å². The van der Waals surface area contributed by atoms with Gasteiger partial charge in [-0.1, -0.05) is 11.6 Å². The molecule has 6 heteroatoms. The van der Waals surface area contributed by atoms with Crippen molar-refractivity contribution in [3.8, 4) is 5.88 Å². The normalized spacial score (nSPS) is 22.8. The third-order valence-electron chi connectivity index (χ3n) is 3.19. The van der Waals surface area contributed by atoms with Gasteiger partial charge in [-0.05, 0) is 32.6 Å². The minimum absolute atomic E-state index is 0.00814. The monoisotopic (exact) mass is 284 g/mol. The molecular weight excluding hydrogens is 268 g/mol. The number of hydrogen-bond acceptors (Lipinski definition) is 5. The van der Waals surface area contributed by atoms with Crippen molar-refractivity contribution in [3.05, 3.63) is 17.5 Å². The fraction of sp³-hybridized carbons (Fsp3) is 0.615. The lowest BCUT2D eigenvalue weighted by Gasteiger charge is -2.27.